The van der Waals surface area contributed by atoms with E-state index in [1.54, 1.807) is 16.8 Å². The van der Waals surface area contributed by atoms with Crippen molar-refractivity contribution in [1.29, 1.82) is 0 Å². The van der Waals surface area contributed by atoms with Crippen LogP contribution >= 0.6 is 0 Å². The molecular weight excluding hydrogens is 220 g/mol. The first-order valence-electron chi connectivity index (χ1n) is 7.23. The fraction of sp³-hybridized carbons (Fsp3) is 0.500. The zero-order valence-electron chi connectivity index (χ0n) is 10.8. The highest BCUT2D eigenvalue weighted by molar-refractivity contribution is 5.89. The second-order valence-corrected chi connectivity index (χ2v) is 5.76. The van der Waals surface area contributed by atoms with Gasteiger partial charge in [-0.2, -0.15) is 0 Å². The topological polar surface area (TPSA) is 30.9 Å². The van der Waals surface area contributed by atoms with E-state index in [0.717, 1.165) is 6.54 Å². The Bertz CT molecular complexity index is 609. The van der Waals surface area contributed by atoms with Crippen LogP contribution in [0.4, 0.5) is 0 Å². The lowest BCUT2D eigenvalue weighted by atomic mass is 9.86. The van der Waals surface area contributed by atoms with Crippen molar-refractivity contribution in [3.63, 3.8) is 0 Å². The van der Waals surface area contributed by atoms with Crippen molar-refractivity contribution in [2.75, 3.05) is 6.54 Å². The van der Waals surface area contributed by atoms with Gasteiger partial charge in [0.25, 0.3) is 0 Å². The van der Waals surface area contributed by atoms with Crippen LogP contribution in [0.1, 0.15) is 42.0 Å². The highest BCUT2D eigenvalue weighted by Crippen LogP contribution is 2.40. The van der Waals surface area contributed by atoms with Gasteiger partial charge in [-0.05, 0) is 43.2 Å². The van der Waals surface area contributed by atoms with Crippen molar-refractivity contribution in [2.24, 2.45) is 5.73 Å². The molecule has 1 aromatic heterocycles. The summed E-state index contributed by atoms with van der Waals surface area (Å²) in [5, 5.41) is 1.51. The fourth-order valence-corrected chi connectivity index (χ4v) is 4.06. The molecular formula is C16H20N2. The molecule has 1 aliphatic carbocycles. The summed E-state index contributed by atoms with van der Waals surface area (Å²) in [6.07, 6.45) is 6.35. The predicted octanol–water partition coefficient (Wildman–Crippen LogP) is 2.97. The molecule has 2 aromatic rings. The summed E-state index contributed by atoms with van der Waals surface area (Å²) in [6, 6.07) is 6.86. The number of aryl methyl sites for hydroxylation is 3. The standard InChI is InChI=1S/C16H20N2/c17-10-12-5-2-8-14-13-7-1-4-11-6-3-9-18(15(11)13)16(12)14/h1,4,7,12H,2-3,5-6,8-10,17H2. The summed E-state index contributed by atoms with van der Waals surface area (Å²) in [4.78, 5) is 0. The van der Waals surface area contributed by atoms with Crippen LogP contribution in [0, 0.1) is 0 Å². The lowest BCUT2D eigenvalue weighted by Gasteiger charge is -2.25. The molecule has 2 N–H and O–H groups in total. The Kier molecular flexibility index (Phi) is 2.28. The van der Waals surface area contributed by atoms with Gasteiger partial charge in [-0.3, -0.25) is 0 Å². The summed E-state index contributed by atoms with van der Waals surface area (Å²) in [6.45, 7) is 2.00. The van der Waals surface area contributed by atoms with Gasteiger partial charge in [0.15, 0.2) is 0 Å². The lowest BCUT2D eigenvalue weighted by molar-refractivity contribution is 0.505. The van der Waals surface area contributed by atoms with Crippen LogP contribution < -0.4 is 5.73 Å². The molecule has 1 aromatic carbocycles. The first-order chi connectivity index (χ1) is 8.90. The van der Waals surface area contributed by atoms with Gasteiger partial charge in [0.05, 0.1) is 5.52 Å². The maximum atomic E-state index is 6.01. The van der Waals surface area contributed by atoms with Gasteiger partial charge < -0.3 is 10.3 Å². The number of hydrogen-bond acceptors (Lipinski definition) is 1. The molecule has 2 heteroatoms. The van der Waals surface area contributed by atoms with E-state index in [1.807, 2.05) is 0 Å². The van der Waals surface area contributed by atoms with Crippen molar-refractivity contribution in [1.82, 2.24) is 4.57 Å². The largest absolute Gasteiger partial charge is 0.344 e. The van der Waals surface area contributed by atoms with Crippen molar-refractivity contribution in [2.45, 2.75) is 44.6 Å². The Labute approximate surface area is 108 Å². The molecule has 2 aliphatic rings. The average molecular weight is 240 g/mol. The van der Waals surface area contributed by atoms with Crippen molar-refractivity contribution in [3.8, 4) is 0 Å². The third kappa shape index (κ3) is 1.27. The Morgan fingerprint density at radius 1 is 1.22 bits per heavy atom. The summed E-state index contributed by atoms with van der Waals surface area (Å²) in [5.74, 6) is 0.590. The molecule has 94 valence electrons. The molecule has 18 heavy (non-hydrogen) atoms. The molecule has 0 saturated carbocycles. The molecule has 1 atom stereocenters. The predicted molar refractivity (Wildman–Crippen MR) is 75.0 cm³/mol. The molecule has 4 rings (SSSR count). The van der Waals surface area contributed by atoms with Gasteiger partial charge in [-0.25, -0.2) is 0 Å². The summed E-state index contributed by atoms with van der Waals surface area (Å²) >= 11 is 0. The first-order valence-corrected chi connectivity index (χ1v) is 7.23. The number of rotatable bonds is 1. The van der Waals surface area contributed by atoms with Gasteiger partial charge in [0.1, 0.15) is 0 Å². The number of aromatic nitrogens is 1. The summed E-state index contributed by atoms with van der Waals surface area (Å²) < 4.78 is 2.60. The van der Waals surface area contributed by atoms with Crippen molar-refractivity contribution >= 4 is 10.9 Å². The minimum Gasteiger partial charge on any atom is -0.344 e. The fourth-order valence-electron chi connectivity index (χ4n) is 4.06. The number of hydrogen-bond donors (Lipinski definition) is 1. The molecule has 1 aliphatic heterocycles. The molecule has 0 amide bonds. The minimum atomic E-state index is 0.590. The molecule has 2 heterocycles. The van der Waals surface area contributed by atoms with E-state index < -0.39 is 0 Å². The third-order valence-electron chi connectivity index (χ3n) is 4.79. The first kappa shape index (κ1) is 10.6. The maximum Gasteiger partial charge on any atom is 0.0518 e. The number of nitrogens with two attached hydrogens (primary N) is 1. The van der Waals surface area contributed by atoms with Crippen LogP contribution in [-0.4, -0.2) is 11.1 Å². The van der Waals surface area contributed by atoms with Gasteiger partial charge in [-0.15, -0.1) is 0 Å². The van der Waals surface area contributed by atoms with Crippen LogP contribution in [0.2, 0.25) is 0 Å². The SMILES string of the molecule is NCC1CCCc2c1n1c3c(cccc23)CCC1. The minimum absolute atomic E-state index is 0.590. The molecule has 0 bridgehead atoms. The molecule has 0 fully saturated rings. The van der Waals surface area contributed by atoms with E-state index in [2.05, 4.69) is 22.8 Å². The Morgan fingerprint density at radius 2 is 2.17 bits per heavy atom. The normalized spacial score (nSPS) is 22.2. The van der Waals surface area contributed by atoms with Gasteiger partial charge in [-0.1, -0.05) is 18.2 Å². The number of nitrogens with zero attached hydrogens (tertiary/aromatic N) is 1. The molecule has 1 unspecified atom stereocenters. The third-order valence-corrected chi connectivity index (χ3v) is 4.79. The lowest BCUT2D eigenvalue weighted by Crippen LogP contribution is -2.22. The zero-order chi connectivity index (χ0) is 12.1. The van der Waals surface area contributed by atoms with Crippen LogP contribution in [0.25, 0.3) is 10.9 Å². The summed E-state index contributed by atoms with van der Waals surface area (Å²) in [7, 11) is 0. The van der Waals surface area contributed by atoms with E-state index >= 15 is 0 Å². The Balaban J connectivity index is 2.09. The van der Waals surface area contributed by atoms with Gasteiger partial charge in [0.2, 0.25) is 0 Å². The number of fused-ring (bicyclic) bond motifs is 3. The second-order valence-electron chi connectivity index (χ2n) is 5.76. The molecule has 0 spiro atoms. The smallest absolute Gasteiger partial charge is 0.0518 e. The van der Waals surface area contributed by atoms with Crippen molar-refractivity contribution in [3.05, 3.63) is 35.0 Å². The van der Waals surface area contributed by atoms with Crippen molar-refractivity contribution < 1.29 is 0 Å². The Hall–Kier alpha value is -1.28. The van der Waals surface area contributed by atoms with E-state index in [9.17, 15) is 0 Å². The maximum absolute atomic E-state index is 6.01. The van der Waals surface area contributed by atoms with Crippen LogP contribution in [-0.2, 0) is 19.4 Å². The van der Waals surface area contributed by atoms with Crippen LogP contribution in [0.5, 0.6) is 0 Å². The highest BCUT2D eigenvalue weighted by Gasteiger charge is 2.28. The van der Waals surface area contributed by atoms with E-state index in [0.29, 0.717) is 5.92 Å². The molecule has 0 saturated heterocycles. The van der Waals surface area contributed by atoms with E-state index in [-0.39, 0.29) is 0 Å². The van der Waals surface area contributed by atoms with E-state index in [4.69, 9.17) is 5.73 Å². The highest BCUT2D eigenvalue weighted by atomic mass is 15.0. The number of para-hydroxylation sites is 1. The average Bonchev–Trinajstić information content (AvgIpc) is 2.77. The summed E-state index contributed by atoms with van der Waals surface area (Å²) in [5.41, 5.74) is 12.3. The quantitative estimate of drug-likeness (QED) is 0.816. The molecule has 0 radical (unpaired) electrons. The second kappa shape index (κ2) is 3.86. The molecule has 2 nitrogen and oxygen atoms in total. The van der Waals surface area contributed by atoms with Gasteiger partial charge >= 0.3 is 0 Å². The zero-order valence-corrected chi connectivity index (χ0v) is 10.8. The Morgan fingerprint density at radius 3 is 3.06 bits per heavy atom. The van der Waals surface area contributed by atoms with Gasteiger partial charge in [0, 0.05) is 30.1 Å². The monoisotopic (exact) mass is 240 g/mol. The van der Waals surface area contributed by atoms with Crippen LogP contribution in [0.15, 0.2) is 18.2 Å². The van der Waals surface area contributed by atoms with Crippen LogP contribution in [0.3, 0.4) is 0 Å². The number of benzene rings is 1. The van der Waals surface area contributed by atoms with E-state index in [1.165, 1.54) is 49.6 Å².